The Hall–Kier alpha value is -2.19. The average Bonchev–Trinajstić information content (AvgIpc) is 2.87. The molecule has 0 saturated heterocycles. The Morgan fingerprint density at radius 3 is 3.00 bits per heavy atom. The minimum absolute atomic E-state index is 0.132. The minimum Gasteiger partial charge on any atom is -0.495 e. The van der Waals surface area contributed by atoms with Gasteiger partial charge in [0.25, 0.3) is 5.91 Å². The van der Waals surface area contributed by atoms with E-state index in [1.165, 1.54) is 11.3 Å². The van der Waals surface area contributed by atoms with Crippen molar-refractivity contribution in [2.24, 2.45) is 5.73 Å². The first-order chi connectivity index (χ1) is 9.52. The number of fused-ring (bicyclic) bond motifs is 1. The number of rotatable bonds is 5. The summed E-state index contributed by atoms with van der Waals surface area (Å²) >= 11 is 1.23. The van der Waals surface area contributed by atoms with Crippen LogP contribution in [0.15, 0.2) is 18.3 Å². The zero-order valence-corrected chi connectivity index (χ0v) is 11.4. The number of aromatic nitrogens is 1. The van der Waals surface area contributed by atoms with Gasteiger partial charge in [-0.15, -0.1) is 11.3 Å². The third-order valence-electron chi connectivity index (χ3n) is 2.62. The fourth-order valence-electron chi connectivity index (χ4n) is 1.56. The molecule has 0 spiro atoms. The van der Waals surface area contributed by atoms with E-state index < -0.39 is 12.0 Å². The van der Waals surface area contributed by atoms with Crippen LogP contribution in [0.5, 0.6) is 5.75 Å². The van der Waals surface area contributed by atoms with Gasteiger partial charge in [-0.05, 0) is 12.1 Å². The first-order valence-corrected chi connectivity index (χ1v) is 6.53. The largest absolute Gasteiger partial charge is 0.495 e. The van der Waals surface area contributed by atoms with Crippen molar-refractivity contribution < 1.29 is 19.4 Å². The standard InChI is InChI=1S/C12H13N3O4S/c1-19-8-2-3-14-7-4-9(20-10(7)8)11(16)15-5-6(13)12(17)18/h2-4,6H,5,13H2,1H3,(H,15,16)(H,17,18)/t6-/m1/s1. The summed E-state index contributed by atoms with van der Waals surface area (Å²) in [6, 6.07) is 2.21. The smallest absolute Gasteiger partial charge is 0.322 e. The van der Waals surface area contributed by atoms with E-state index in [2.05, 4.69) is 10.3 Å². The van der Waals surface area contributed by atoms with Gasteiger partial charge in [0.2, 0.25) is 0 Å². The number of thiophene rings is 1. The maximum Gasteiger partial charge on any atom is 0.322 e. The molecule has 0 saturated carbocycles. The van der Waals surface area contributed by atoms with E-state index in [-0.39, 0.29) is 12.5 Å². The van der Waals surface area contributed by atoms with Crippen LogP contribution < -0.4 is 15.8 Å². The number of hydrogen-bond donors (Lipinski definition) is 3. The number of methoxy groups -OCH3 is 1. The maximum absolute atomic E-state index is 11.9. The molecule has 0 bridgehead atoms. The number of nitrogens with two attached hydrogens (primary N) is 1. The second-order valence-electron chi connectivity index (χ2n) is 3.99. The van der Waals surface area contributed by atoms with E-state index in [9.17, 15) is 9.59 Å². The Labute approximate surface area is 118 Å². The SMILES string of the molecule is COc1ccnc2cc(C(=O)NC[C@@H](N)C(=O)O)sc12. The zero-order valence-electron chi connectivity index (χ0n) is 10.6. The lowest BCUT2D eigenvalue weighted by atomic mass is 10.3. The monoisotopic (exact) mass is 295 g/mol. The third-order valence-corrected chi connectivity index (χ3v) is 3.76. The molecule has 4 N–H and O–H groups in total. The van der Waals surface area contributed by atoms with Crippen LogP contribution in [0.4, 0.5) is 0 Å². The predicted octanol–water partition coefficient (Wildman–Crippen LogP) is 0.447. The maximum atomic E-state index is 11.9. The molecule has 0 aliphatic heterocycles. The molecule has 0 fully saturated rings. The number of nitrogens with zero attached hydrogens (tertiary/aromatic N) is 1. The molecule has 8 heteroatoms. The highest BCUT2D eigenvalue weighted by Crippen LogP contribution is 2.31. The molecule has 0 radical (unpaired) electrons. The van der Waals surface area contributed by atoms with Gasteiger partial charge >= 0.3 is 5.97 Å². The number of carboxylic acids is 1. The van der Waals surface area contributed by atoms with E-state index in [0.29, 0.717) is 16.1 Å². The fourth-order valence-corrected chi connectivity index (χ4v) is 2.59. The lowest BCUT2D eigenvalue weighted by molar-refractivity contribution is -0.138. The van der Waals surface area contributed by atoms with E-state index in [4.69, 9.17) is 15.6 Å². The van der Waals surface area contributed by atoms with Crippen LogP contribution in [0.25, 0.3) is 10.2 Å². The highest BCUT2D eigenvalue weighted by molar-refractivity contribution is 7.21. The van der Waals surface area contributed by atoms with Crippen molar-refractivity contribution >= 4 is 33.4 Å². The Balaban J connectivity index is 2.17. The fraction of sp³-hybridized carbons (Fsp3) is 0.250. The minimum atomic E-state index is -1.16. The van der Waals surface area contributed by atoms with Crippen LogP contribution in [0.3, 0.4) is 0 Å². The molecule has 0 aliphatic rings. The van der Waals surface area contributed by atoms with Gasteiger partial charge in [0, 0.05) is 12.7 Å². The van der Waals surface area contributed by atoms with Crippen LogP contribution in [0, 0.1) is 0 Å². The van der Waals surface area contributed by atoms with Gasteiger partial charge in [0.1, 0.15) is 11.8 Å². The molecule has 2 aromatic rings. The van der Waals surface area contributed by atoms with Crippen molar-refractivity contribution in [2.75, 3.05) is 13.7 Å². The number of amides is 1. The number of carbonyl (C=O) groups is 2. The first kappa shape index (κ1) is 14.2. The Kier molecular flexibility index (Phi) is 4.16. The van der Waals surface area contributed by atoms with E-state index >= 15 is 0 Å². The Bertz CT molecular complexity index is 655. The highest BCUT2D eigenvalue weighted by atomic mass is 32.1. The summed E-state index contributed by atoms with van der Waals surface area (Å²) < 4.78 is 5.96. The predicted molar refractivity (Wildman–Crippen MR) is 74.1 cm³/mol. The second-order valence-corrected chi connectivity index (χ2v) is 5.05. The molecule has 2 rings (SSSR count). The second kappa shape index (κ2) is 5.85. The number of nitrogens with one attached hydrogen (secondary N) is 1. The van der Waals surface area contributed by atoms with E-state index in [1.54, 1.807) is 25.4 Å². The zero-order chi connectivity index (χ0) is 14.7. The Morgan fingerprint density at radius 2 is 2.35 bits per heavy atom. The molecule has 7 nitrogen and oxygen atoms in total. The number of ether oxygens (including phenoxy) is 1. The molecular formula is C12H13N3O4S. The van der Waals surface area contributed by atoms with Crippen LogP contribution in [0.1, 0.15) is 9.67 Å². The third kappa shape index (κ3) is 2.86. The van der Waals surface area contributed by atoms with Crippen molar-refractivity contribution in [3.63, 3.8) is 0 Å². The number of pyridine rings is 1. The normalized spacial score (nSPS) is 12.1. The number of hydrogen-bond acceptors (Lipinski definition) is 6. The molecule has 0 unspecified atom stereocenters. The number of carbonyl (C=O) groups excluding carboxylic acids is 1. The summed E-state index contributed by atoms with van der Waals surface area (Å²) in [5.74, 6) is -0.905. The van der Waals surface area contributed by atoms with Crippen molar-refractivity contribution in [1.29, 1.82) is 0 Å². The van der Waals surface area contributed by atoms with Gasteiger partial charge in [0.15, 0.2) is 0 Å². The van der Waals surface area contributed by atoms with Crippen LogP contribution in [-0.2, 0) is 4.79 Å². The molecule has 1 atom stereocenters. The summed E-state index contributed by atoms with van der Waals surface area (Å²) in [7, 11) is 1.54. The average molecular weight is 295 g/mol. The molecule has 2 aromatic heterocycles. The topological polar surface area (TPSA) is 115 Å². The summed E-state index contributed by atoms with van der Waals surface area (Å²) in [5.41, 5.74) is 5.98. The van der Waals surface area contributed by atoms with Gasteiger partial charge in [-0.25, -0.2) is 0 Å². The van der Waals surface area contributed by atoms with Crippen molar-refractivity contribution in [1.82, 2.24) is 10.3 Å². The molecule has 0 aromatic carbocycles. The molecular weight excluding hydrogens is 282 g/mol. The molecule has 2 heterocycles. The summed E-state index contributed by atoms with van der Waals surface area (Å²) in [5, 5.41) is 11.1. The van der Waals surface area contributed by atoms with Gasteiger partial charge in [0.05, 0.1) is 22.2 Å². The van der Waals surface area contributed by atoms with Gasteiger partial charge in [-0.3, -0.25) is 14.6 Å². The quantitative estimate of drug-likeness (QED) is 0.737. The Morgan fingerprint density at radius 1 is 1.60 bits per heavy atom. The molecule has 20 heavy (non-hydrogen) atoms. The highest BCUT2D eigenvalue weighted by Gasteiger charge is 2.16. The number of aliphatic carboxylic acids is 1. The number of carboxylic acid groups (broad SMARTS) is 1. The molecule has 106 valence electrons. The van der Waals surface area contributed by atoms with Crippen LogP contribution >= 0.6 is 11.3 Å². The van der Waals surface area contributed by atoms with Gasteiger partial charge < -0.3 is 20.9 Å². The van der Waals surface area contributed by atoms with E-state index in [0.717, 1.165) is 4.70 Å². The summed E-state index contributed by atoms with van der Waals surface area (Å²) in [6.45, 7) is -0.132. The lowest BCUT2D eigenvalue weighted by Crippen LogP contribution is -2.42. The molecule has 1 amide bonds. The van der Waals surface area contributed by atoms with Crippen LogP contribution in [0.2, 0.25) is 0 Å². The first-order valence-electron chi connectivity index (χ1n) is 5.72. The van der Waals surface area contributed by atoms with Crippen molar-refractivity contribution in [2.45, 2.75) is 6.04 Å². The van der Waals surface area contributed by atoms with Gasteiger partial charge in [-0.2, -0.15) is 0 Å². The van der Waals surface area contributed by atoms with E-state index in [1.807, 2.05) is 0 Å². The van der Waals surface area contributed by atoms with Crippen LogP contribution in [-0.4, -0.2) is 41.7 Å². The summed E-state index contributed by atoms with van der Waals surface area (Å²) in [6.07, 6.45) is 1.59. The van der Waals surface area contributed by atoms with Crippen molar-refractivity contribution in [3.05, 3.63) is 23.2 Å². The summed E-state index contributed by atoms with van der Waals surface area (Å²) in [4.78, 5) is 27.1. The lowest BCUT2D eigenvalue weighted by Gasteiger charge is -2.06. The molecule has 0 aliphatic carbocycles. The van der Waals surface area contributed by atoms with Crippen molar-refractivity contribution in [3.8, 4) is 5.75 Å². The van der Waals surface area contributed by atoms with Gasteiger partial charge in [-0.1, -0.05) is 0 Å².